The molecule has 0 fully saturated rings. The van der Waals surface area contributed by atoms with Gasteiger partial charge in [-0.25, -0.2) is 0 Å². The Bertz CT molecular complexity index is 119. The van der Waals surface area contributed by atoms with E-state index in [0.29, 0.717) is 13.0 Å². The zero-order chi connectivity index (χ0) is 7.33. The molecule has 3 N–H and O–H groups in total. The van der Waals surface area contributed by atoms with Crippen molar-refractivity contribution in [1.29, 1.82) is 5.26 Å². The molecule has 0 aliphatic carbocycles. The van der Waals surface area contributed by atoms with E-state index >= 15 is 0 Å². The van der Waals surface area contributed by atoms with Gasteiger partial charge in [0, 0.05) is 13.2 Å². The summed E-state index contributed by atoms with van der Waals surface area (Å²) < 4.78 is 0. The quantitative estimate of drug-likeness (QED) is 0.555. The summed E-state index contributed by atoms with van der Waals surface area (Å²) in [5.41, 5.74) is 4.74. The fourth-order valence-corrected chi connectivity index (χ4v) is 0.450. The molecule has 0 bridgehead atoms. The number of nitrogens with zero attached hydrogens (tertiary/aromatic N) is 1. The highest BCUT2D eigenvalue weighted by Gasteiger charge is 2.20. The highest BCUT2D eigenvalue weighted by atomic mass is 16.3. The van der Waals surface area contributed by atoms with Crippen molar-refractivity contribution < 1.29 is 5.11 Å². The predicted octanol–water partition coefficient (Wildman–Crippen LogP) is -0.143. The SMILES string of the molecule is CC(C#N)(CN)CCO. The fraction of sp³-hybridized carbons (Fsp3) is 0.833. The molecule has 9 heavy (non-hydrogen) atoms. The molecule has 0 aromatic heterocycles. The van der Waals surface area contributed by atoms with Crippen LogP contribution in [0.5, 0.6) is 0 Å². The maximum atomic E-state index is 8.48. The Labute approximate surface area is 55.1 Å². The van der Waals surface area contributed by atoms with E-state index in [4.69, 9.17) is 16.1 Å². The molecule has 3 nitrogen and oxygen atoms in total. The van der Waals surface area contributed by atoms with Crippen LogP contribution in [0.1, 0.15) is 13.3 Å². The average Bonchev–Trinajstić information content (AvgIpc) is 1.89. The second-order valence-corrected chi connectivity index (χ2v) is 2.35. The van der Waals surface area contributed by atoms with Crippen molar-refractivity contribution >= 4 is 0 Å². The summed E-state index contributed by atoms with van der Waals surface area (Å²) in [6.45, 7) is 2.08. The number of nitrogens with two attached hydrogens (primary N) is 1. The highest BCUT2D eigenvalue weighted by molar-refractivity contribution is 4.95. The number of nitriles is 1. The van der Waals surface area contributed by atoms with E-state index in [9.17, 15) is 0 Å². The standard InChI is InChI=1S/C6H12N2O/c1-6(4-7,5-8)2-3-9/h9H,2-4,7H2,1H3. The molecule has 0 spiro atoms. The first-order valence-electron chi connectivity index (χ1n) is 2.91. The van der Waals surface area contributed by atoms with Crippen molar-refractivity contribution in [2.45, 2.75) is 13.3 Å². The van der Waals surface area contributed by atoms with Crippen LogP contribution < -0.4 is 5.73 Å². The van der Waals surface area contributed by atoms with Crippen molar-refractivity contribution in [3.8, 4) is 6.07 Å². The predicted molar refractivity (Wildman–Crippen MR) is 34.5 cm³/mol. The highest BCUT2D eigenvalue weighted by Crippen LogP contribution is 2.16. The Morgan fingerprint density at radius 1 is 1.78 bits per heavy atom. The van der Waals surface area contributed by atoms with E-state index in [-0.39, 0.29) is 6.61 Å². The molecule has 1 atom stereocenters. The van der Waals surface area contributed by atoms with Crippen LogP contribution in [0.2, 0.25) is 0 Å². The largest absolute Gasteiger partial charge is 0.396 e. The third-order valence-electron chi connectivity index (χ3n) is 1.38. The molecule has 0 aliphatic heterocycles. The van der Waals surface area contributed by atoms with Gasteiger partial charge in [-0.3, -0.25) is 0 Å². The number of hydrogen-bond acceptors (Lipinski definition) is 3. The lowest BCUT2D eigenvalue weighted by molar-refractivity contribution is 0.238. The van der Waals surface area contributed by atoms with Gasteiger partial charge in [0.1, 0.15) is 0 Å². The second-order valence-electron chi connectivity index (χ2n) is 2.35. The van der Waals surface area contributed by atoms with Crippen LogP contribution >= 0.6 is 0 Å². The van der Waals surface area contributed by atoms with Crippen LogP contribution in [-0.2, 0) is 0 Å². The summed E-state index contributed by atoms with van der Waals surface area (Å²) in [5, 5.41) is 16.9. The topological polar surface area (TPSA) is 70.0 Å². The van der Waals surface area contributed by atoms with Crippen LogP contribution in [-0.4, -0.2) is 18.3 Å². The van der Waals surface area contributed by atoms with E-state index in [1.54, 1.807) is 6.92 Å². The Hall–Kier alpha value is -0.590. The van der Waals surface area contributed by atoms with Gasteiger partial charge in [0.05, 0.1) is 11.5 Å². The summed E-state index contributed by atoms with van der Waals surface area (Å²) in [5.74, 6) is 0. The molecule has 0 heterocycles. The molecule has 0 saturated carbocycles. The number of aliphatic hydroxyl groups is 1. The van der Waals surface area contributed by atoms with Gasteiger partial charge in [0.15, 0.2) is 0 Å². The Balaban J connectivity index is 3.81. The Morgan fingerprint density at radius 2 is 2.33 bits per heavy atom. The lowest BCUT2D eigenvalue weighted by Crippen LogP contribution is -2.26. The van der Waals surface area contributed by atoms with Crippen LogP contribution in [0.4, 0.5) is 0 Å². The molecule has 0 saturated heterocycles. The monoisotopic (exact) mass is 128 g/mol. The van der Waals surface area contributed by atoms with Crippen molar-refractivity contribution in [2.75, 3.05) is 13.2 Å². The molecular formula is C6H12N2O. The normalized spacial score (nSPS) is 16.2. The van der Waals surface area contributed by atoms with Gasteiger partial charge in [-0.1, -0.05) is 0 Å². The molecule has 1 unspecified atom stereocenters. The van der Waals surface area contributed by atoms with Crippen molar-refractivity contribution in [1.82, 2.24) is 0 Å². The molecule has 0 radical (unpaired) electrons. The molecule has 52 valence electrons. The van der Waals surface area contributed by atoms with Gasteiger partial charge in [-0.2, -0.15) is 5.26 Å². The maximum Gasteiger partial charge on any atom is 0.0701 e. The van der Waals surface area contributed by atoms with E-state index in [2.05, 4.69) is 0 Å². The zero-order valence-corrected chi connectivity index (χ0v) is 5.59. The van der Waals surface area contributed by atoms with E-state index in [1.165, 1.54) is 0 Å². The summed E-state index contributed by atoms with van der Waals surface area (Å²) in [6, 6.07) is 2.04. The Kier molecular flexibility index (Phi) is 3.21. The summed E-state index contributed by atoms with van der Waals surface area (Å²) in [7, 11) is 0. The van der Waals surface area contributed by atoms with Crippen LogP contribution in [0, 0.1) is 16.7 Å². The van der Waals surface area contributed by atoms with Gasteiger partial charge < -0.3 is 10.8 Å². The average molecular weight is 128 g/mol. The lowest BCUT2D eigenvalue weighted by Gasteiger charge is -2.16. The lowest BCUT2D eigenvalue weighted by atomic mass is 9.89. The minimum Gasteiger partial charge on any atom is -0.396 e. The summed E-state index contributed by atoms with van der Waals surface area (Å²) >= 11 is 0. The molecule has 0 aromatic rings. The first kappa shape index (κ1) is 8.41. The number of rotatable bonds is 3. The van der Waals surface area contributed by atoms with E-state index < -0.39 is 5.41 Å². The third kappa shape index (κ3) is 2.45. The van der Waals surface area contributed by atoms with Crippen LogP contribution in [0.3, 0.4) is 0 Å². The Morgan fingerprint density at radius 3 is 2.44 bits per heavy atom. The van der Waals surface area contributed by atoms with Crippen molar-refractivity contribution in [2.24, 2.45) is 11.1 Å². The van der Waals surface area contributed by atoms with E-state index in [0.717, 1.165) is 0 Å². The van der Waals surface area contributed by atoms with E-state index in [1.807, 2.05) is 6.07 Å². The van der Waals surface area contributed by atoms with Crippen LogP contribution in [0.15, 0.2) is 0 Å². The fourth-order valence-electron chi connectivity index (χ4n) is 0.450. The minimum atomic E-state index is -0.533. The van der Waals surface area contributed by atoms with Gasteiger partial charge in [0.2, 0.25) is 0 Å². The summed E-state index contributed by atoms with van der Waals surface area (Å²) in [4.78, 5) is 0. The molecule has 0 amide bonds. The zero-order valence-electron chi connectivity index (χ0n) is 5.59. The first-order chi connectivity index (χ1) is 4.18. The molecule has 0 aromatic carbocycles. The first-order valence-corrected chi connectivity index (χ1v) is 2.91. The van der Waals surface area contributed by atoms with Gasteiger partial charge in [-0.05, 0) is 13.3 Å². The molecule has 0 rings (SSSR count). The van der Waals surface area contributed by atoms with Crippen molar-refractivity contribution in [3.05, 3.63) is 0 Å². The molecule has 3 heteroatoms. The van der Waals surface area contributed by atoms with Gasteiger partial charge >= 0.3 is 0 Å². The molecule has 0 aliphatic rings. The van der Waals surface area contributed by atoms with Gasteiger partial charge in [-0.15, -0.1) is 0 Å². The smallest absolute Gasteiger partial charge is 0.0701 e. The van der Waals surface area contributed by atoms with Crippen molar-refractivity contribution in [3.63, 3.8) is 0 Å². The second kappa shape index (κ2) is 3.44. The number of aliphatic hydroxyl groups excluding tert-OH is 1. The minimum absolute atomic E-state index is 0.0290. The number of hydrogen-bond donors (Lipinski definition) is 2. The third-order valence-corrected chi connectivity index (χ3v) is 1.38. The van der Waals surface area contributed by atoms with Crippen LogP contribution in [0.25, 0.3) is 0 Å². The molecular weight excluding hydrogens is 116 g/mol. The summed E-state index contributed by atoms with van der Waals surface area (Å²) in [6.07, 6.45) is 0.458. The maximum absolute atomic E-state index is 8.48. The van der Waals surface area contributed by atoms with Gasteiger partial charge in [0.25, 0.3) is 0 Å².